The summed E-state index contributed by atoms with van der Waals surface area (Å²) in [7, 11) is 0. The summed E-state index contributed by atoms with van der Waals surface area (Å²) >= 11 is 0. The van der Waals surface area contributed by atoms with E-state index in [1.54, 1.807) is 20.8 Å². The summed E-state index contributed by atoms with van der Waals surface area (Å²) in [5, 5.41) is 0. The maximum Gasteiger partial charge on any atom is 0.410 e. The van der Waals surface area contributed by atoms with E-state index in [2.05, 4.69) is 6.92 Å². The van der Waals surface area contributed by atoms with Crippen molar-refractivity contribution in [3.05, 3.63) is 0 Å². The molecule has 0 aliphatic carbocycles. The van der Waals surface area contributed by atoms with Crippen molar-refractivity contribution < 1.29 is 19.1 Å². The average molecular weight is 301 g/mol. The first-order valence-corrected chi connectivity index (χ1v) is 7.64. The molecule has 0 saturated heterocycles. The molecule has 5 nitrogen and oxygen atoms in total. The number of unbranched alkanes of at least 4 members (excludes halogenated alkanes) is 2. The fraction of sp³-hybridized carbons (Fsp3) is 0.875. The fourth-order valence-corrected chi connectivity index (χ4v) is 1.64. The van der Waals surface area contributed by atoms with Gasteiger partial charge in [-0.1, -0.05) is 19.8 Å². The van der Waals surface area contributed by atoms with Gasteiger partial charge in [0.2, 0.25) is 0 Å². The lowest BCUT2D eigenvalue weighted by molar-refractivity contribution is -0.156. The van der Waals surface area contributed by atoms with Crippen molar-refractivity contribution in [2.24, 2.45) is 0 Å². The number of hydrogen-bond acceptors (Lipinski definition) is 4. The lowest BCUT2D eigenvalue weighted by Gasteiger charge is -2.28. The van der Waals surface area contributed by atoms with Crippen LogP contribution < -0.4 is 0 Å². The van der Waals surface area contributed by atoms with Crippen LogP contribution in [0.1, 0.15) is 67.7 Å². The van der Waals surface area contributed by atoms with Crippen LogP contribution in [0.15, 0.2) is 0 Å². The van der Waals surface area contributed by atoms with E-state index in [0.29, 0.717) is 6.54 Å². The van der Waals surface area contributed by atoms with E-state index >= 15 is 0 Å². The molecule has 0 spiro atoms. The fourth-order valence-electron chi connectivity index (χ4n) is 1.64. The second-order valence-electron chi connectivity index (χ2n) is 7.20. The first kappa shape index (κ1) is 19.7. The molecule has 0 N–H and O–H groups in total. The Morgan fingerprint density at radius 1 is 0.905 bits per heavy atom. The number of carbonyl (C=O) groups excluding carboxylic acids is 2. The molecule has 0 rings (SSSR count). The Balaban J connectivity index is 4.65. The van der Waals surface area contributed by atoms with Gasteiger partial charge < -0.3 is 9.47 Å². The van der Waals surface area contributed by atoms with Crippen LogP contribution in [-0.2, 0) is 14.3 Å². The van der Waals surface area contributed by atoms with Crippen LogP contribution >= 0.6 is 0 Å². The van der Waals surface area contributed by atoms with Gasteiger partial charge in [0, 0.05) is 6.54 Å². The number of rotatable bonds is 6. The average Bonchev–Trinajstić information content (AvgIpc) is 2.22. The highest BCUT2D eigenvalue weighted by Gasteiger charge is 2.25. The van der Waals surface area contributed by atoms with Gasteiger partial charge in [-0.05, 0) is 48.0 Å². The van der Waals surface area contributed by atoms with Crippen molar-refractivity contribution in [1.82, 2.24) is 4.90 Å². The molecule has 0 bridgehead atoms. The Morgan fingerprint density at radius 2 is 1.43 bits per heavy atom. The van der Waals surface area contributed by atoms with Crippen molar-refractivity contribution in [3.63, 3.8) is 0 Å². The maximum absolute atomic E-state index is 12.2. The van der Waals surface area contributed by atoms with Crippen molar-refractivity contribution in [2.75, 3.05) is 13.1 Å². The third-order valence-electron chi connectivity index (χ3n) is 2.42. The molecular formula is C16H31NO4. The Kier molecular flexibility index (Phi) is 7.75. The Hall–Kier alpha value is -1.26. The monoisotopic (exact) mass is 301 g/mol. The number of amides is 1. The molecule has 0 atom stereocenters. The van der Waals surface area contributed by atoms with E-state index in [0.717, 1.165) is 19.3 Å². The lowest BCUT2D eigenvalue weighted by atomic mass is 10.2. The van der Waals surface area contributed by atoms with E-state index in [-0.39, 0.29) is 6.54 Å². The van der Waals surface area contributed by atoms with Gasteiger partial charge in [0.1, 0.15) is 17.7 Å². The second-order valence-corrected chi connectivity index (χ2v) is 7.20. The highest BCUT2D eigenvalue weighted by molar-refractivity contribution is 5.78. The van der Waals surface area contributed by atoms with Crippen LogP contribution in [0.25, 0.3) is 0 Å². The predicted octanol–water partition coefficient (Wildman–Crippen LogP) is 3.76. The summed E-state index contributed by atoms with van der Waals surface area (Å²) in [5.74, 6) is -0.412. The van der Waals surface area contributed by atoms with Gasteiger partial charge in [-0.15, -0.1) is 0 Å². The van der Waals surface area contributed by atoms with Gasteiger partial charge in [0.05, 0.1) is 0 Å². The molecule has 1 amide bonds. The maximum atomic E-state index is 12.2. The van der Waals surface area contributed by atoms with Crippen molar-refractivity contribution in [2.45, 2.75) is 78.9 Å². The molecule has 0 aromatic heterocycles. The third-order valence-corrected chi connectivity index (χ3v) is 2.42. The van der Waals surface area contributed by atoms with Gasteiger partial charge in [0.15, 0.2) is 0 Å². The van der Waals surface area contributed by atoms with E-state index in [9.17, 15) is 9.59 Å². The summed E-state index contributed by atoms with van der Waals surface area (Å²) in [5.41, 5.74) is -1.13. The number of hydrogen-bond donors (Lipinski definition) is 0. The van der Waals surface area contributed by atoms with Gasteiger partial charge in [-0.2, -0.15) is 0 Å². The van der Waals surface area contributed by atoms with Gasteiger partial charge in [-0.3, -0.25) is 9.69 Å². The molecule has 0 saturated carbocycles. The van der Waals surface area contributed by atoms with Crippen LogP contribution in [-0.4, -0.2) is 41.3 Å². The summed E-state index contributed by atoms with van der Waals surface area (Å²) in [4.78, 5) is 25.5. The molecular weight excluding hydrogens is 270 g/mol. The molecule has 0 unspecified atom stereocenters. The smallest absolute Gasteiger partial charge is 0.410 e. The Morgan fingerprint density at radius 3 is 1.86 bits per heavy atom. The SMILES string of the molecule is CCCCCN(CC(=O)OC(C)(C)C)C(=O)OC(C)(C)C. The van der Waals surface area contributed by atoms with Crippen molar-refractivity contribution >= 4 is 12.1 Å². The van der Waals surface area contributed by atoms with Crippen molar-refractivity contribution in [3.8, 4) is 0 Å². The third kappa shape index (κ3) is 11.1. The number of ether oxygens (including phenoxy) is 2. The van der Waals surface area contributed by atoms with Gasteiger partial charge in [0.25, 0.3) is 0 Å². The summed E-state index contributed by atoms with van der Waals surface area (Å²) in [6.07, 6.45) is 2.44. The van der Waals surface area contributed by atoms with E-state index in [1.807, 2.05) is 20.8 Å². The van der Waals surface area contributed by atoms with Crippen LogP contribution in [0.4, 0.5) is 4.79 Å². The molecule has 0 fully saturated rings. The molecule has 21 heavy (non-hydrogen) atoms. The largest absolute Gasteiger partial charge is 0.459 e. The molecule has 124 valence electrons. The molecule has 0 aliphatic rings. The van der Waals surface area contributed by atoms with E-state index < -0.39 is 23.3 Å². The number of esters is 1. The van der Waals surface area contributed by atoms with Crippen molar-refractivity contribution in [1.29, 1.82) is 0 Å². The second kappa shape index (κ2) is 8.25. The molecule has 5 heteroatoms. The van der Waals surface area contributed by atoms with E-state index in [1.165, 1.54) is 4.90 Å². The quantitative estimate of drug-likeness (QED) is 0.554. The normalized spacial score (nSPS) is 12.0. The zero-order valence-corrected chi connectivity index (χ0v) is 14.6. The van der Waals surface area contributed by atoms with Crippen LogP contribution in [0.2, 0.25) is 0 Å². The first-order chi connectivity index (χ1) is 9.44. The van der Waals surface area contributed by atoms with Crippen LogP contribution in [0.3, 0.4) is 0 Å². The van der Waals surface area contributed by atoms with Crippen LogP contribution in [0, 0.1) is 0 Å². The molecule has 0 aromatic rings. The van der Waals surface area contributed by atoms with Crippen LogP contribution in [0.5, 0.6) is 0 Å². The first-order valence-electron chi connectivity index (χ1n) is 7.64. The van der Waals surface area contributed by atoms with Gasteiger partial charge >= 0.3 is 12.1 Å². The Bertz CT molecular complexity index is 339. The summed E-state index contributed by atoms with van der Waals surface area (Å²) in [6.45, 7) is 13.4. The minimum atomic E-state index is -0.575. The topological polar surface area (TPSA) is 55.8 Å². The lowest BCUT2D eigenvalue weighted by Crippen LogP contribution is -2.42. The highest BCUT2D eigenvalue weighted by atomic mass is 16.6. The zero-order chi connectivity index (χ0) is 16.7. The highest BCUT2D eigenvalue weighted by Crippen LogP contribution is 2.12. The summed E-state index contributed by atoms with van der Waals surface area (Å²) in [6, 6.07) is 0. The standard InChI is InChI=1S/C16H31NO4/c1-8-9-10-11-17(14(19)21-16(5,6)7)12-13(18)20-15(2,3)4/h8-12H2,1-7H3. The molecule has 0 aliphatic heterocycles. The summed E-state index contributed by atoms with van der Waals surface area (Å²) < 4.78 is 10.6. The molecule has 0 radical (unpaired) electrons. The predicted molar refractivity (Wildman–Crippen MR) is 83.2 cm³/mol. The minimum absolute atomic E-state index is 0.0735. The van der Waals surface area contributed by atoms with Gasteiger partial charge in [-0.25, -0.2) is 4.79 Å². The minimum Gasteiger partial charge on any atom is -0.459 e. The Labute approximate surface area is 129 Å². The zero-order valence-electron chi connectivity index (χ0n) is 14.6. The molecule has 0 aromatic carbocycles. The number of nitrogens with zero attached hydrogens (tertiary/aromatic N) is 1. The molecule has 0 heterocycles. The number of carbonyl (C=O) groups is 2. The van der Waals surface area contributed by atoms with E-state index in [4.69, 9.17) is 9.47 Å².